The Kier molecular flexibility index (Phi) is 2.47. The molecule has 14 heavy (non-hydrogen) atoms. The zero-order valence-electron chi connectivity index (χ0n) is 7.55. The number of rotatable bonds is 1. The van der Waals surface area contributed by atoms with E-state index in [0.29, 0.717) is 5.75 Å². The van der Waals surface area contributed by atoms with Gasteiger partial charge in [-0.1, -0.05) is 36.4 Å². The van der Waals surface area contributed by atoms with Crippen LogP contribution >= 0.6 is 0 Å². The van der Waals surface area contributed by atoms with Crippen LogP contribution < -0.4 is 4.89 Å². The van der Waals surface area contributed by atoms with E-state index in [-0.39, 0.29) is 0 Å². The van der Waals surface area contributed by atoms with Gasteiger partial charge in [0.05, 0.1) is 0 Å². The average molecular weight is 186 g/mol. The molecule has 70 valence electrons. The molecule has 0 bridgehead atoms. The number of hydrogen-bond acceptors (Lipinski definition) is 2. The Morgan fingerprint density at radius 2 is 1.43 bits per heavy atom. The van der Waals surface area contributed by atoms with Crippen molar-refractivity contribution in [3.8, 4) is 16.9 Å². The van der Waals surface area contributed by atoms with Crippen LogP contribution in [-0.4, -0.2) is 5.26 Å². The first-order valence-corrected chi connectivity index (χ1v) is 4.37. The van der Waals surface area contributed by atoms with Gasteiger partial charge in [-0.3, -0.25) is 0 Å². The molecule has 0 amide bonds. The highest BCUT2D eigenvalue weighted by Crippen LogP contribution is 2.32. The van der Waals surface area contributed by atoms with Crippen LogP contribution in [0.5, 0.6) is 5.75 Å². The van der Waals surface area contributed by atoms with Crippen LogP contribution in [0.4, 0.5) is 0 Å². The fourth-order valence-corrected chi connectivity index (χ4v) is 1.16. The maximum atomic E-state index is 8.04. The fraction of sp³-hybridized carbons (Fsp3) is 0. The Labute approximate surface area is 82.3 Å². The zero-order valence-corrected chi connectivity index (χ0v) is 7.55. The third-order valence-electron chi connectivity index (χ3n) is 1.96. The molecule has 1 aromatic rings. The van der Waals surface area contributed by atoms with Crippen molar-refractivity contribution in [2.75, 3.05) is 0 Å². The summed E-state index contributed by atoms with van der Waals surface area (Å²) in [4.78, 5) is 3.91. The van der Waals surface area contributed by atoms with Crippen molar-refractivity contribution >= 4 is 0 Å². The smallest absolute Gasteiger partial charge is 0.165 e. The van der Waals surface area contributed by atoms with E-state index in [1.54, 1.807) is 24.3 Å². The summed E-state index contributed by atoms with van der Waals surface area (Å²) >= 11 is 0. The highest BCUT2D eigenvalue weighted by atomic mass is 17.1. The van der Waals surface area contributed by atoms with Crippen LogP contribution in [0.2, 0.25) is 0 Å². The summed E-state index contributed by atoms with van der Waals surface area (Å²) in [5.74, 6) is 0.465. The summed E-state index contributed by atoms with van der Waals surface area (Å²) in [6.45, 7) is 0. The number of benzene rings is 2. The van der Waals surface area contributed by atoms with Crippen molar-refractivity contribution in [1.82, 2.24) is 0 Å². The molecule has 0 unspecified atom stereocenters. The Bertz CT molecular complexity index is 392. The molecule has 0 aliphatic heterocycles. The first kappa shape index (κ1) is 8.78. The van der Waals surface area contributed by atoms with Crippen molar-refractivity contribution in [3.05, 3.63) is 54.6 Å². The van der Waals surface area contributed by atoms with E-state index >= 15 is 0 Å². The van der Waals surface area contributed by atoms with Crippen molar-refractivity contribution in [3.63, 3.8) is 0 Å². The summed E-state index contributed by atoms with van der Waals surface area (Å²) < 4.78 is 0. The van der Waals surface area contributed by atoms with Crippen molar-refractivity contribution in [2.24, 2.45) is 0 Å². The first-order valence-electron chi connectivity index (χ1n) is 4.37. The van der Waals surface area contributed by atoms with E-state index < -0.39 is 0 Å². The van der Waals surface area contributed by atoms with Crippen molar-refractivity contribution in [2.45, 2.75) is 0 Å². The molecule has 0 aromatic heterocycles. The van der Waals surface area contributed by atoms with Gasteiger partial charge in [0.1, 0.15) is 0 Å². The van der Waals surface area contributed by atoms with Crippen LogP contribution in [0, 0.1) is 0 Å². The van der Waals surface area contributed by atoms with E-state index in [1.165, 1.54) is 11.1 Å². The zero-order chi connectivity index (χ0) is 9.80. The predicted octanol–water partition coefficient (Wildman–Crippen LogP) is 3.21. The molecule has 0 fully saturated rings. The third kappa shape index (κ3) is 2.12. The molecule has 2 heteroatoms. The van der Waals surface area contributed by atoms with Crippen LogP contribution in [-0.2, 0) is 0 Å². The predicted molar refractivity (Wildman–Crippen MR) is 55.1 cm³/mol. The Balaban J connectivity index is 0.000000110. The summed E-state index contributed by atoms with van der Waals surface area (Å²) in [5.41, 5.74) is 2.85. The molecule has 0 atom stereocenters. The normalized spacial score (nSPS) is 9.79. The van der Waals surface area contributed by atoms with Crippen LogP contribution in [0.3, 0.4) is 0 Å². The second kappa shape index (κ2) is 3.94. The van der Waals surface area contributed by atoms with Crippen molar-refractivity contribution < 1.29 is 10.1 Å². The Hall–Kier alpha value is -1.80. The summed E-state index contributed by atoms with van der Waals surface area (Å²) in [5, 5.41) is 8.04. The number of para-hydroxylation sites is 1. The summed E-state index contributed by atoms with van der Waals surface area (Å²) in [6, 6.07) is 17.2. The third-order valence-corrected chi connectivity index (χ3v) is 1.96. The van der Waals surface area contributed by atoms with Gasteiger partial charge < -0.3 is 4.89 Å². The molecule has 2 nitrogen and oxygen atoms in total. The molecule has 2 aliphatic carbocycles. The topological polar surface area (TPSA) is 29.5 Å². The fourth-order valence-electron chi connectivity index (χ4n) is 1.16. The van der Waals surface area contributed by atoms with Gasteiger partial charge in [0.15, 0.2) is 5.75 Å². The second-order valence-corrected chi connectivity index (χ2v) is 2.99. The largest absolute Gasteiger partial charge is 0.340 e. The molecule has 1 aromatic carbocycles. The minimum absolute atomic E-state index is 0.465. The van der Waals surface area contributed by atoms with Gasteiger partial charge in [-0.2, -0.15) is 0 Å². The maximum absolute atomic E-state index is 8.04. The minimum Gasteiger partial charge on any atom is -0.340 e. The Morgan fingerprint density at radius 1 is 0.786 bits per heavy atom. The van der Waals surface area contributed by atoms with E-state index in [9.17, 15) is 0 Å². The van der Waals surface area contributed by atoms with Gasteiger partial charge in [-0.05, 0) is 29.3 Å². The van der Waals surface area contributed by atoms with Gasteiger partial charge >= 0.3 is 0 Å². The average Bonchev–Trinajstić information content (AvgIpc) is 2.88. The monoisotopic (exact) mass is 186 g/mol. The Morgan fingerprint density at radius 3 is 1.71 bits per heavy atom. The van der Waals surface area contributed by atoms with Gasteiger partial charge in [0.2, 0.25) is 0 Å². The van der Waals surface area contributed by atoms with Crippen molar-refractivity contribution in [1.29, 1.82) is 0 Å². The van der Waals surface area contributed by atoms with Gasteiger partial charge in [0, 0.05) is 0 Å². The molecule has 0 heterocycles. The van der Waals surface area contributed by atoms with Crippen LogP contribution in [0.15, 0.2) is 54.6 Å². The molecule has 0 radical (unpaired) electrons. The molecule has 1 N–H and O–H groups in total. The van der Waals surface area contributed by atoms with Crippen LogP contribution in [0.25, 0.3) is 11.1 Å². The maximum Gasteiger partial charge on any atom is 0.165 e. The van der Waals surface area contributed by atoms with Crippen LogP contribution in [0.1, 0.15) is 0 Å². The quantitative estimate of drug-likeness (QED) is 0.467. The van der Waals surface area contributed by atoms with E-state index in [2.05, 4.69) is 29.2 Å². The van der Waals surface area contributed by atoms with Gasteiger partial charge in [0.25, 0.3) is 0 Å². The standard InChI is InChI=1S/C6H6O2.C6H4/c7-8-6-4-2-1-3-5-6;1-2-5-4-6(5)3-1/h1-5,7H;1-4H. The molecule has 0 saturated heterocycles. The highest BCUT2D eigenvalue weighted by Gasteiger charge is 2.06. The minimum atomic E-state index is 0.465. The number of hydrogen-bond donors (Lipinski definition) is 1. The molecule has 0 saturated carbocycles. The SMILES string of the molecule is OOc1ccccc1.c1cc2cc-2c1. The lowest BCUT2D eigenvalue weighted by molar-refractivity contribution is -0.137. The lowest BCUT2D eigenvalue weighted by atomic mass is 10.3. The summed E-state index contributed by atoms with van der Waals surface area (Å²) in [7, 11) is 0. The molecule has 0 spiro atoms. The molecule has 3 rings (SSSR count). The van der Waals surface area contributed by atoms with Gasteiger partial charge in [-0.25, -0.2) is 5.26 Å². The summed E-state index contributed by atoms with van der Waals surface area (Å²) in [6.07, 6.45) is 0. The molecule has 2 aliphatic rings. The van der Waals surface area contributed by atoms with E-state index in [1.807, 2.05) is 6.07 Å². The van der Waals surface area contributed by atoms with E-state index in [0.717, 1.165) is 0 Å². The lowest BCUT2D eigenvalue weighted by Gasteiger charge is -1.90. The molecular weight excluding hydrogens is 176 g/mol. The van der Waals surface area contributed by atoms with Gasteiger partial charge in [-0.15, -0.1) is 0 Å². The number of fused-ring (bicyclic) bond motifs is 1. The molecular formula is C12H10O2. The lowest BCUT2D eigenvalue weighted by Crippen LogP contribution is -1.79. The highest BCUT2D eigenvalue weighted by molar-refractivity contribution is 5.80. The second-order valence-electron chi connectivity index (χ2n) is 2.99. The first-order chi connectivity index (χ1) is 6.90. The van der Waals surface area contributed by atoms with E-state index in [4.69, 9.17) is 5.26 Å².